The molecule has 1 fully saturated rings. The predicted molar refractivity (Wildman–Crippen MR) is 84.4 cm³/mol. The van der Waals surface area contributed by atoms with Crippen molar-refractivity contribution in [3.63, 3.8) is 0 Å². The summed E-state index contributed by atoms with van der Waals surface area (Å²) in [5.74, 6) is 1.92. The maximum Gasteiger partial charge on any atom is 0.302 e. The number of hydrogen-bond donors (Lipinski definition) is 3. The first kappa shape index (κ1) is 19.7. The van der Waals surface area contributed by atoms with E-state index in [1.165, 1.54) is 13.0 Å². The van der Waals surface area contributed by atoms with Crippen molar-refractivity contribution in [3.8, 4) is 12.3 Å². The van der Waals surface area contributed by atoms with Crippen LogP contribution >= 0.6 is 0 Å². The van der Waals surface area contributed by atoms with Crippen LogP contribution in [0.3, 0.4) is 0 Å². The fraction of sp³-hybridized carbons (Fsp3) is 0.706. The molecule has 0 bridgehead atoms. The second kappa shape index (κ2) is 9.68. The van der Waals surface area contributed by atoms with Crippen molar-refractivity contribution in [2.24, 2.45) is 0 Å². The predicted octanol–water partition coefficient (Wildman–Crippen LogP) is 0.538. The third-order valence-electron chi connectivity index (χ3n) is 3.90. The van der Waals surface area contributed by atoms with Gasteiger partial charge in [0, 0.05) is 19.8 Å². The molecule has 0 spiro atoms. The molecule has 0 aromatic heterocycles. The first-order chi connectivity index (χ1) is 10.9. The Bertz CT molecular complexity index is 441. The Morgan fingerprint density at radius 2 is 2.00 bits per heavy atom. The van der Waals surface area contributed by atoms with Gasteiger partial charge in [-0.3, -0.25) is 4.79 Å². The number of hydrogen-bond acceptors (Lipinski definition) is 6. The number of carbonyl (C=O) groups excluding carboxylic acids is 1. The Morgan fingerprint density at radius 1 is 1.35 bits per heavy atom. The van der Waals surface area contributed by atoms with Crippen molar-refractivity contribution in [2.45, 2.75) is 76.2 Å². The van der Waals surface area contributed by atoms with Crippen molar-refractivity contribution in [2.75, 3.05) is 0 Å². The van der Waals surface area contributed by atoms with Crippen molar-refractivity contribution >= 4 is 5.97 Å². The SMILES string of the molecule is C#C/C=C\C[C@H]1O[C@@H]([C@H](CC)OC(C)=O)C[C@H](O)[C@H](O)C[C@H]1O. The monoisotopic (exact) mass is 326 g/mol. The highest BCUT2D eigenvalue weighted by molar-refractivity contribution is 5.66. The molecule has 1 rings (SSSR count). The fourth-order valence-electron chi connectivity index (χ4n) is 2.68. The topological polar surface area (TPSA) is 96.2 Å². The molecule has 0 unspecified atom stereocenters. The van der Waals surface area contributed by atoms with Crippen LogP contribution in [0, 0.1) is 12.3 Å². The van der Waals surface area contributed by atoms with Gasteiger partial charge in [0.2, 0.25) is 0 Å². The number of aliphatic hydroxyl groups is 3. The number of esters is 1. The molecule has 1 aliphatic rings. The second-order valence-electron chi connectivity index (χ2n) is 5.75. The second-order valence-corrected chi connectivity index (χ2v) is 5.75. The summed E-state index contributed by atoms with van der Waals surface area (Å²) in [6.45, 7) is 3.14. The van der Waals surface area contributed by atoms with E-state index in [4.69, 9.17) is 15.9 Å². The van der Waals surface area contributed by atoms with Crippen LogP contribution in [0.4, 0.5) is 0 Å². The highest BCUT2D eigenvalue weighted by Crippen LogP contribution is 2.26. The number of carbonyl (C=O) groups is 1. The summed E-state index contributed by atoms with van der Waals surface area (Å²) in [4.78, 5) is 11.2. The van der Waals surface area contributed by atoms with Gasteiger partial charge in [-0.15, -0.1) is 6.42 Å². The number of allylic oxidation sites excluding steroid dienone is 1. The Morgan fingerprint density at radius 3 is 2.57 bits per heavy atom. The summed E-state index contributed by atoms with van der Waals surface area (Å²) < 4.78 is 11.1. The smallest absolute Gasteiger partial charge is 0.302 e. The highest BCUT2D eigenvalue weighted by Gasteiger charge is 2.37. The van der Waals surface area contributed by atoms with E-state index in [2.05, 4.69) is 5.92 Å². The zero-order valence-corrected chi connectivity index (χ0v) is 13.6. The summed E-state index contributed by atoms with van der Waals surface area (Å²) in [6, 6.07) is 0. The van der Waals surface area contributed by atoms with Crippen LogP contribution in [0.5, 0.6) is 0 Å². The van der Waals surface area contributed by atoms with Gasteiger partial charge in [-0.1, -0.05) is 18.9 Å². The van der Waals surface area contributed by atoms with Crippen LogP contribution in [0.15, 0.2) is 12.2 Å². The molecule has 0 aromatic carbocycles. The minimum atomic E-state index is -1.06. The molecule has 6 atom stereocenters. The van der Waals surface area contributed by atoms with E-state index in [1.807, 2.05) is 6.92 Å². The van der Waals surface area contributed by atoms with Crippen molar-refractivity contribution in [1.82, 2.24) is 0 Å². The van der Waals surface area contributed by atoms with Gasteiger partial charge in [0.25, 0.3) is 0 Å². The minimum absolute atomic E-state index is 0.00675. The van der Waals surface area contributed by atoms with Crippen LogP contribution in [-0.2, 0) is 14.3 Å². The fourth-order valence-corrected chi connectivity index (χ4v) is 2.68. The van der Waals surface area contributed by atoms with E-state index in [1.54, 1.807) is 6.08 Å². The van der Waals surface area contributed by atoms with Crippen LogP contribution < -0.4 is 0 Å². The third-order valence-corrected chi connectivity index (χ3v) is 3.90. The highest BCUT2D eigenvalue weighted by atomic mass is 16.6. The third kappa shape index (κ3) is 6.32. The first-order valence-electron chi connectivity index (χ1n) is 7.87. The quantitative estimate of drug-likeness (QED) is 0.504. The summed E-state index contributed by atoms with van der Waals surface area (Å²) >= 11 is 0. The van der Waals surface area contributed by atoms with Crippen LogP contribution in [0.25, 0.3) is 0 Å². The van der Waals surface area contributed by atoms with E-state index in [0.717, 1.165) is 0 Å². The molecule has 6 nitrogen and oxygen atoms in total. The molecule has 0 aromatic rings. The lowest BCUT2D eigenvalue weighted by molar-refractivity contribution is -0.180. The number of ether oxygens (including phenoxy) is 2. The normalized spacial score (nSPS) is 33.5. The van der Waals surface area contributed by atoms with Crippen LogP contribution in [-0.4, -0.2) is 57.9 Å². The lowest BCUT2D eigenvalue weighted by atomic mass is 9.92. The molecule has 130 valence electrons. The molecule has 1 aliphatic heterocycles. The van der Waals surface area contributed by atoms with Gasteiger partial charge in [-0.25, -0.2) is 0 Å². The van der Waals surface area contributed by atoms with Gasteiger partial charge >= 0.3 is 5.97 Å². The van der Waals surface area contributed by atoms with E-state index >= 15 is 0 Å². The summed E-state index contributed by atoms with van der Waals surface area (Å²) in [6.07, 6.45) is 4.50. The molecule has 0 aliphatic carbocycles. The average molecular weight is 326 g/mol. The molecule has 23 heavy (non-hydrogen) atoms. The molecule has 1 saturated heterocycles. The summed E-state index contributed by atoms with van der Waals surface area (Å²) in [5.41, 5.74) is 0. The standard InChI is InChI=1S/C17H26O6/c1-4-6-7-8-16-14(21)9-12(19)13(20)10-17(23-16)15(5-2)22-11(3)18/h1,6-7,12-17,19-21H,5,8-10H2,2-3H3/b7-6-/t12-,13+,14-,15+,16-,17-/m1/s1. The molecular weight excluding hydrogens is 300 g/mol. The zero-order chi connectivity index (χ0) is 17.4. The van der Waals surface area contributed by atoms with Crippen LogP contribution in [0.1, 0.15) is 39.5 Å². The maximum absolute atomic E-state index is 11.2. The van der Waals surface area contributed by atoms with Crippen molar-refractivity contribution in [1.29, 1.82) is 0 Å². The molecule has 0 radical (unpaired) electrons. The first-order valence-corrected chi connectivity index (χ1v) is 7.87. The largest absolute Gasteiger partial charge is 0.460 e. The van der Waals surface area contributed by atoms with E-state index in [0.29, 0.717) is 12.8 Å². The average Bonchev–Trinajstić information content (AvgIpc) is 2.49. The van der Waals surface area contributed by atoms with Gasteiger partial charge in [-0.05, 0) is 18.9 Å². The van der Waals surface area contributed by atoms with E-state index in [9.17, 15) is 20.1 Å². The zero-order valence-electron chi connectivity index (χ0n) is 13.6. The van der Waals surface area contributed by atoms with Crippen molar-refractivity contribution < 1.29 is 29.6 Å². The molecule has 6 heteroatoms. The minimum Gasteiger partial charge on any atom is -0.460 e. The Labute approximate surface area is 137 Å². The molecule has 0 saturated carbocycles. The van der Waals surface area contributed by atoms with E-state index in [-0.39, 0.29) is 12.8 Å². The van der Waals surface area contributed by atoms with Crippen LogP contribution in [0.2, 0.25) is 0 Å². The van der Waals surface area contributed by atoms with Gasteiger partial charge in [-0.2, -0.15) is 0 Å². The van der Waals surface area contributed by atoms with Gasteiger partial charge < -0.3 is 24.8 Å². The summed E-state index contributed by atoms with van der Waals surface area (Å²) in [7, 11) is 0. The molecule has 0 amide bonds. The Balaban J connectivity index is 2.93. The molecule has 3 N–H and O–H groups in total. The Hall–Kier alpha value is -1.39. The van der Waals surface area contributed by atoms with Gasteiger partial charge in [0.05, 0.1) is 30.5 Å². The summed E-state index contributed by atoms with van der Waals surface area (Å²) in [5, 5.41) is 30.2. The number of rotatable bonds is 5. The lowest BCUT2D eigenvalue weighted by Crippen LogP contribution is -2.48. The van der Waals surface area contributed by atoms with Gasteiger partial charge in [0.1, 0.15) is 6.10 Å². The Kier molecular flexibility index (Phi) is 8.28. The van der Waals surface area contributed by atoms with E-state index < -0.39 is 42.6 Å². The number of aliphatic hydroxyl groups excluding tert-OH is 3. The lowest BCUT2D eigenvalue weighted by Gasteiger charge is -2.37. The number of terminal acetylenes is 1. The molecule has 1 heterocycles. The molecular formula is C17H26O6. The maximum atomic E-state index is 11.2. The van der Waals surface area contributed by atoms with Crippen molar-refractivity contribution in [3.05, 3.63) is 12.2 Å². The van der Waals surface area contributed by atoms with Gasteiger partial charge in [0.15, 0.2) is 0 Å².